The van der Waals surface area contributed by atoms with E-state index in [-0.39, 0.29) is 12.5 Å². The second-order valence-corrected chi connectivity index (χ2v) is 4.10. The van der Waals surface area contributed by atoms with E-state index in [0.717, 1.165) is 5.56 Å². The molecule has 0 aliphatic carbocycles. The van der Waals surface area contributed by atoms with Gasteiger partial charge in [0.15, 0.2) is 0 Å². The van der Waals surface area contributed by atoms with Gasteiger partial charge in [-0.05, 0) is 24.6 Å². The summed E-state index contributed by atoms with van der Waals surface area (Å²) in [6, 6.07) is 7.14. The molecule has 0 aromatic heterocycles. The van der Waals surface area contributed by atoms with E-state index < -0.39 is 5.97 Å². The Bertz CT molecular complexity index is 445. The molecule has 19 heavy (non-hydrogen) atoms. The topological polar surface area (TPSA) is 55.8 Å². The lowest BCUT2D eigenvalue weighted by atomic mass is 10.1. The summed E-state index contributed by atoms with van der Waals surface area (Å²) in [4.78, 5) is 24.8. The second kappa shape index (κ2) is 7.53. The average Bonchev–Trinajstić information content (AvgIpc) is 2.38. The van der Waals surface area contributed by atoms with Crippen LogP contribution in [-0.4, -0.2) is 44.1 Å². The van der Waals surface area contributed by atoms with E-state index in [1.54, 1.807) is 39.3 Å². The second-order valence-electron chi connectivity index (χ2n) is 4.10. The number of carbonyl (C=O) groups is 2. The third-order valence-corrected chi connectivity index (χ3v) is 2.50. The predicted octanol–water partition coefficient (Wildman–Crippen LogP) is 1.47. The van der Waals surface area contributed by atoms with Crippen LogP contribution in [0.2, 0.25) is 0 Å². The van der Waals surface area contributed by atoms with Gasteiger partial charge in [0, 0.05) is 19.7 Å². The number of nitrogens with zero attached hydrogens (tertiary/aromatic N) is 1. The molecule has 0 atom stereocenters. The van der Waals surface area contributed by atoms with E-state index in [0.29, 0.717) is 18.8 Å². The van der Waals surface area contributed by atoms with Crippen LogP contribution in [0.1, 0.15) is 22.8 Å². The van der Waals surface area contributed by atoms with E-state index >= 15 is 0 Å². The lowest BCUT2D eigenvalue weighted by Crippen LogP contribution is -2.33. The van der Waals surface area contributed by atoms with E-state index in [1.165, 1.54) is 4.90 Å². The van der Waals surface area contributed by atoms with Gasteiger partial charge in [0.1, 0.15) is 6.54 Å². The summed E-state index contributed by atoms with van der Waals surface area (Å²) in [5.74, 6) is -0.627. The molecule has 5 heteroatoms. The maximum Gasteiger partial charge on any atom is 0.325 e. The Morgan fingerprint density at radius 2 is 2.05 bits per heavy atom. The molecular weight excluding hydrogens is 246 g/mol. The van der Waals surface area contributed by atoms with E-state index in [9.17, 15) is 9.59 Å². The van der Waals surface area contributed by atoms with Crippen LogP contribution in [0.15, 0.2) is 24.3 Å². The number of likely N-dealkylation sites (N-methyl/N-ethyl adjacent to an activating group) is 1. The Morgan fingerprint density at radius 1 is 1.32 bits per heavy atom. The Morgan fingerprint density at radius 3 is 2.68 bits per heavy atom. The number of carbonyl (C=O) groups excluding carboxylic acids is 2. The molecule has 0 radical (unpaired) electrons. The first kappa shape index (κ1) is 15.2. The maximum atomic E-state index is 12.1. The third-order valence-electron chi connectivity index (χ3n) is 2.50. The Kier molecular flexibility index (Phi) is 6.02. The normalized spacial score (nSPS) is 10.1. The van der Waals surface area contributed by atoms with Gasteiger partial charge in [-0.25, -0.2) is 0 Å². The van der Waals surface area contributed by atoms with Crippen LogP contribution < -0.4 is 0 Å². The average molecular weight is 265 g/mol. The number of amides is 1. The van der Waals surface area contributed by atoms with Gasteiger partial charge in [-0.15, -0.1) is 0 Å². The molecule has 0 saturated carbocycles. The fraction of sp³-hybridized carbons (Fsp3) is 0.429. The summed E-state index contributed by atoms with van der Waals surface area (Å²) in [6.07, 6.45) is 0. The van der Waals surface area contributed by atoms with E-state index in [1.807, 2.05) is 6.07 Å². The summed E-state index contributed by atoms with van der Waals surface area (Å²) < 4.78 is 9.83. The zero-order valence-corrected chi connectivity index (χ0v) is 11.5. The Hall–Kier alpha value is -1.88. The highest BCUT2D eigenvalue weighted by molar-refractivity contribution is 5.95. The summed E-state index contributed by atoms with van der Waals surface area (Å²) >= 11 is 0. The van der Waals surface area contributed by atoms with Crippen LogP contribution in [0.4, 0.5) is 0 Å². The molecule has 0 unspecified atom stereocenters. The van der Waals surface area contributed by atoms with Crippen molar-refractivity contribution in [3.8, 4) is 0 Å². The molecule has 104 valence electrons. The lowest BCUT2D eigenvalue weighted by molar-refractivity contribution is -0.143. The monoisotopic (exact) mass is 265 g/mol. The minimum absolute atomic E-state index is 0.0544. The van der Waals surface area contributed by atoms with Crippen LogP contribution in [-0.2, 0) is 20.9 Å². The van der Waals surface area contributed by atoms with Crippen molar-refractivity contribution in [1.82, 2.24) is 4.90 Å². The molecule has 0 aliphatic heterocycles. The molecular formula is C14H19NO4. The van der Waals surface area contributed by atoms with Crippen molar-refractivity contribution in [1.29, 1.82) is 0 Å². The number of ether oxygens (including phenoxy) is 2. The molecule has 0 fully saturated rings. The molecule has 0 bridgehead atoms. The molecule has 5 nitrogen and oxygen atoms in total. The van der Waals surface area contributed by atoms with Crippen LogP contribution in [0, 0.1) is 0 Å². The van der Waals surface area contributed by atoms with Crippen molar-refractivity contribution in [3.63, 3.8) is 0 Å². The van der Waals surface area contributed by atoms with Crippen LogP contribution >= 0.6 is 0 Å². The Labute approximate surface area is 113 Å². The number of hydrogen-bond donors (Lipinski definition) is 0. The van der Waals surface area contributed by atoms with Crippen molar-refractivity contribution >= 4 is 11.9 Å². The van der Waals surface area contributed by atoms with E-state index in [2.05, 4.69) is 0 Å². The quantitative estimate of drug-likeness (QED) is 0.731. The van der Waals surface area contributed by atoms with Gasteiger partial charge in [0.25, 0.3) is 5.91 Å². The standard InChI is InChI=1S/C14H19NO4/c1-4-19-13(16)9-15(2)14(17)12-7-5-6-11(8-12)10-18-3/h5-8H,4,9-10H2,1-3H3. The number of hydrogen-bond acceptors (Lipinski definition) is 4. The smallest absolute Gasteiger partial charge is 0.325 e. The number of rotatable bonds is 6. The Balaban J connectivity index is 2.70. The molecule has 1 aromatic carbocycles. The van der Waals surface area contributed by atoms with Crippen LogP contribution in [0.25, 0.3) is 0 Å². The molecule has 0 N–H and O–H groups in total. The van der Waals surface area contributed by atoms with Gasteiger partial charge in [0.2, 0.25) is 0 Å². The highest BCUT2D eigenvalue weighted by Gasteiger charge is 2.15. The predicted molar refractivity (Wildman–Crippen MR) is 70.7 cm³/mol. The van der Waals surface area contributed by atoms with Crippen molar-refractivity contribution in [2.45, 2.75) is 13.5 Å². The zero-order chi connectivity index (χ0) is 14.3. The molecule has 1 rings (SSSR count). The highest BCUT2D eigenvalue weighted by atomic mass is 16.5. The van der Waals surface area contributed by atoms with Crippen molar-refractivity contribution in [3.05, 3.63) is 35.4 Å². The first-order valence-corrected chi connectivity index (χ1v) is 6.07. The number of methoxy groups -OCH3 is 1. The zero-order valence-electron chi connectivity index (χ0n) is 11.5. The van der Waals surface area contributed by atoms with Crippen LogP contribution in [0.5, 0.6) is 0 Å². The first-order valence-electron chi connectivity index (χ1n) is 6.07. The molecule has 1 amide bonds. The largest absolute Gasteiger partial charge is 0.465 e. The van der Waals surface area contributed by atoms with Gasteiger partial charge in [0.05, 0.1) is 13.2 Å². The first-order chi connectivity index (χ1) is 9.08. The van der Waals surface area contributed by atoms with Gasteiger partial charge in [-0.3, -0.25) is 9.59 Å². The lowest BCUT2D eigenvalue weighted by Gasteiger charge is -2.16. The maximum absolute atomic E-state index is 12.1. The van der Waals surface area contributed by atoms with Gasteiger partial charge in [-0.1, -0.05) is 12.1 Å². The fourth-order valence-electron chi connectivity index (χ4n) is 1.65. The van der Waals surface area contributed by atoms with E-state index in [4.69, 9.17) is 9.47 Å². The molecule has 0 saturated heterocycles. The molecule has 0 heterocycles. The SMILES string of the molecule is CCOC(=O)CN(C)C(=O)c1cccc(COC)c1. The minimum Gasteiger partial charge on any atom is -0.465 e. The van der Waals surface area contributed by atoms with Gasteiger partial charge >= 0.3 is 5.97 Å². The van der Waals surface area contributed by atoms with Crippen LogP contribution in [0.3, 0.4) is 0 Å². The number of esters is 1. The third kappa shape index (κ3) is 4.71. The fourth-order valence-corrected chi connectivity index (χ4v) is 1.65. The summed E-state index contributed by atoms with van der Waals surface area (Å²) in [6.45, 7) is 2.43. The summed E-state index contributed by atoms with van der Waals surface area (Å²) in [5, 5.41) is 0. The van der Waals surface area contributed by atoms with Crippen molar-refractivity contribution in [2.24, 2.45) is 0 Å². The summed E-state index contributed by atoms with van der Waals surface area (Å²) in [7, 11) is 3.17. The number of benzene rings is 1. The van der Waals surface area contributed by atoms with Gasteiger partial charge < -0.3 is 14.4 Å². The molecule has 1 aromatic rings. The minimum atomic E-state index is -0.411. The highest BCUT2D eigenvalue weighted by Crippen LogP contribution is 2.09. The van der Waals surface area contributed by atoms with Crippen molar-refractivity contribution < 1.29 is 19.1 Å². The van der Waals surface area contributed by atoms with Crippen molar-refractivity contribution in [2.75, 3.05) is 27.3 Å². The van der Waals surface area contributed by atoms with Gasteiger partial charge in [-0.2, -0.15) is 0 Å². The summed E-state index contributed by atoms with van der Waals surface area (Å²) in [5.41, 5.74) is 1.44. The molecule has 0 spiro atoms. The molecule has 0 aliphatic rings.